The number of aryl methyl sites for hydroxylation is 1. The summed E-state index contributed by atoms with van der Waals surface area (Å²) in [6.07, 6.45) is 7.03. The molecule has 0 aromatic heterocycles. The van der Waals surface area contributed by atoms with Crippen molar-refractivity contribution in [3.8, 4) is 0 Å². The lowest BCUT2D eigenvalue weighted by Gasteiger charge is -2.53. The first-order valence-electron chi connectivity index (χ1n) is 13.0. The Labute approximate surface area is 206 Å². The van der Waals surface area contributed by atoms with Crippen LogP contribution in [0.4, 0.5) is 0 Å². The highest BCUT2D eigenvalue weighted by atomic mass is 16.5. The third-order valence-electron chi connectivity index (χ3n) is 8.42. The number of rotatable bonds is 6. The first-order valence-corrected chi connectivity index (χ1v) is 13.0. The van der Waals surface area contributed by atoms with Crippen molar-refractivity contribution in [3.63, 3.8) is 0 Å². The van der Waals surface area contributed by atoms with Crippen LogP contribution in [0.3, 0.4) is 0 Å². The van der Waals surface area contributed by atoms with Crippen molar-refractivity contribution in [2.75, 3.05) is 32.7 Å². The summed E-state index contributed by atoms with van der Waals surface area (Å²) in [4.78, 5) is 16.7. The molecule has 2 aliphatic carbocycles. The number of esters is 1. The van der Waals surface area contributed by atoms with Gasteiger partial charge < -0.3 is 14.7 Å². The fraction of sp³-hybridized carbons (Fsp3) is 0.655. The van der Waals surface area contributed by atoms with Crippen LogP contribution in [-0.4, -0.2) is 65.3 Å². The SMILES string of the molecule is CC(=O)O[C@@H]1[C][C@@]2(O)[C@H](C)CC[C@@H]([C@H](C)CN3CCN(Cc4ccc(C)cc4)CC3)[C@H]2C=C1C. The van der Waals surface area contributed by atoms with E-state index in [1.807, 2.05) is 6.92 Å². The Bertz CT molecular complexity index is 874. The maximum absolute atomic E-state index is 11.7. The van der Waals surface area contributed by atoms with Crippen LogP contribution in [0.2, 0.25) is 0 Å². The first kappa shape index (κ1) is 25.4. The molecule has 3 aliphatic rings. The fourth-order valence-corrected chi connectivity index (χ4v) is 6.23. The normalized spacial score (nSPS) is 33.6. The van der Waals surface area contributed by atoms with E-state index >= 15 is 0 Å². The molecule has 1 aliphatic heterocycles. The van der Waals surface area contributed by atoms with Gasteiger partial charge in [-0.1, -0.05) is 49.8 Å². The molecule has 1 aromatic rings. The third kappa shape index (κ3) is 5.58. The number of nitrogens with zero attached hydrogens (tertiary/aromatic N) is 2. The van der Waals surface area contributed by atoms with Crippen molar-refractivity contribution in [2.45, 2.75) is 65.7 Å². The number of carbonyl (C=O) groups is 1. The molecule has 4 rings (SSSR count). The van der Waals surface area contributed by atoms with E-state index in [0.29, 0.717) is 11.8 Å². The van der Waals surface area contributed by atoms with Crippen molar-refractivity contribution < 1.29 is 14.6 Å². The highest BCUT2D eigenvalue weighted by Crippen LogP contribution is 2.50. The lowest BCUT2D eigenvalue weighted by molar-refractivity contribution is -0.148. The van der Waals surface area contributed by atoms with E-state index in [4.69, 9.17) is 4.74 Å². The Hall–Kier alpha value is -1.69. The summed E-state index contributed by atoms with van der Waals surface area (Å²) >= 11 is 0. The second-order valence-electron chi connectivity index (χ2n) is 11.1. The van der Waals surface area contributed by atoms with E-state index in [-0.39, 0.29) is 17.8 Å². The smallest absolute Gasteiger partial charge is 0.303 e. The Morgan fingerprint density at radius 2 is 1.79 bits per heavy atom. The highest BCUT2D eigenvalue weighted by molar-refractivity contribution is 5.66. The lowest BCUT2D eigenvalue weighted by Crippen LogP contribution is -2.57. The summed E-state index contributed by atoms with van der Waals surface area (Å²) in [6.45, 7) is 16.5. The molecule has 5 nitrogen and oxygen atoms in total. The average Bonchev–Trinajstić information content (AvgIpc) is 2.78. The molecule has 1 aromatic carbocycles. The molecule has 34 heavy (non-hydrogen) atoms. The second-order valence-corrected chi connectivity index (χ2v) is 11.1. The monoisotopic (exact) mass is 466 g/mol. The summed E-state index contributed by atoms with van der Waals surface area (Å²) in [5, 5.41) is 11.7. The lowest BCUT2D eigenvalue weighted by atomic mass is 9.57. The van der Waals surface area contributed by atoms with E-state index < -0.39 is 11.7 Å². The molecular weight excluding hydrogens is 424 g/mol. The molecule has 2 radical (unpaired) electrons. The van der Waals surface area contributed by atoms with Gasteiger partial charge in [-0.05, 0) is 55.6 Å². The van der Waals surface area contributed by atoms with Crippen LogP contribution in [0.1, 0.15) is 51.7 Å². The van der Waals surface area contributed by atoms with E-state index in [1.54, 1.807) is 0 Å². The van der Waals surface area contributed by atoms with Gasteiger partial charge in [0.2, 0.25) is 0 Å². The summed E-state index contributed by atoms with van der Waals surface area (Å²) in [6, 6.07) is 8.89. The molecular formula is C29H42N2O3. The van der Waals surface area contributed by atoms with Gasteiger partial charge in [-0.15, -0.1) is 0 Å². The van der Waals surface area contributed by atoms with Crippen molar-refractivity contribution >= 4 is 5.97 Å². The maximum atomic E-state index is 11.7. The predicted octanol–water partition coefficient (Wildman–Crippen LogP) is 4.12. The van der Waals surface area contributed by atoms with Gasteiger partial charge in [0, 0.05) is 52.1 Å². The highest BCUT2D eigenvalue weighted by Gasteiger charge is 2.53. The average molecular weight is 467 g/mol. The Morgan fingerprint density at radius 3 is 2.44 bits per heavy atom. The molecule has 0 amide bonds. The van der Waals surface area contributed by atoms with Gasteiger partial charge in [0.25, 0.3) is 0 Å². The number of hydrogen-bond acceptors (Lipinski definition) is 5. The second kappa shape index (κ2) is 10.5. The Morgan fingerprint density at radius 1 is 1.15 bits per heavy atom. The maximum Gasteiger partial charge on any atom is 0.303 e. The van der Waals surface area contributed by atoms with Crippen LogP contribution >= 0.6 is 0 Å². The summed E-state index contributed by atoms with van der Waals surface area (Å²) in [5.41, 5.74) is 2.65. The quantitative estimate of drug-likeness (QED) is 0.505. The summed E-state index contributed by atoms with van der Waals surface area (Å²) in [5.74, 6) is 0.674. The minimum atomic E-state index is -1.04. The van der Waals surface area contributed by atoms with Crippen molar-refractivity contribution in [3.05, 3.63) is 53.5 Å². The summed E-state index contributed by atoms with van der Waals surface area (Å²) < 4.78 is 5.45. The van der Waals surface area contributed by atoms with Crippen LogP contribution in [-0.2, 0) is 16.1 Å². The molecule has 1 saturated heterocycles. The van der Waals surface area contributed by atoms with Crippen LogP contribution < -0.4 is 0 Å². The number of hydrogen-bond donors (Lipinski definition) is 1. The number of aliphatic hydroxyl groups is 1. The van der Waals surface area contributed by atoms with Crippen molar-refractivity contribution in [2.24, 2.45) is 23.7 Å². The van der Waals surface area contributed by atoms with Gasteiger partial charge in [0.1, 0.15) is 6.10 Å². The summed E-state index contributed by atoms with van der Waals surface area (Å²) in [7, 11) is 0. The van der Waals surface area contributed by atoms with E-state index in [2.05, 4.69) is 67.3 Å². The number of benzene rings is 1. The number of piperazine rings is 1. The van der Waals surface area contributed by atoms with E-state index in [1.165, 1.54) is 18.1 Å². The standard InChI is InChI=1S/C29H42N2O3/c1-20-6-9-25(10-7-20)19-31-14-12-30(13-15-31)18-22(3)26-11-8-23(4)29(33)17-28(34-24(5)32)21(2)16-27(26)29/h6-7,9-10,16,22-23,26-28,33H,8,11-15,18-19H2,1-5H3/t22-,23-,26+,27-,28-,29-/m1/s1. The zero-order valence-corrected chi connectivity index (χ0v) is 21.6. The largest absolute Gasteiger partial charge is 0.457 e. The van der Waals surface area contributed by atoms with E-state index in [9.17, 15) is 9.90 Å². The molecule has 1 heterocycles. The first-order chi connectivity index (χ1) is 16.2. The predicted molar refractivity (Wildman–Crippen MR) is 135 cm³/mol. The van der Waals surface area contributed by atoms with Gasteiger partial charge in [0.15, 0.2) is 0 Å². The van der Waals surface area contributed by atoms with Crippen molar-refractivity contribution in [1.29, 1.82) is 0 Å². The molecule has 6 atom stereocenters. The molecule has 5 heteroatoms. The van der Waals surface area contributed by atoms with Gasteiger partial charge in [-0.25, -0.2) is 0 Å². The molecule has 0 bridgehead atoms. The Kier molecular flexibility index (Phi) is 7.85. The van der Waals surface area contributed by atoms with Crippen LogP contribution in [0.15, 0.2) is 35.9 Å². The topological polar surface area (TPSA) is 53.0 Å². The third-order valence-corrected chi connectivity index (χ3v) is 8.42. The van der Waals surface area contributed by atoms with Crippen LogP contribution in [0.25, 0.3) is 0 Å². The molecule has 2 fully saturated rings. The Balaban J connectivity index is 1.35. The number of carbonyl (C=O) groups excluding carboxylic acids is 1. The van der Waals surface area contributed by atoms with Crippen LogP contribution in [0.5, 0.6) is 0 Å². The number of fused-ring (bicyclic) bond motifs is 1. The molecule has 186 valence electrons. The van der Waals surface area contributed by atoms with Crippen molar-refractivity contribution in [1.82, 2.24) is 9.80 Å². The van der Waals surface area contributed by atoms with Crippen LogP contribution in [0, 0.1) is 37.0 Å². The molecule has 1 saturated carbocycles. The zero-order chi connectivity index (χ0) is 24.5. The molecule has 1 N–H and O–H groups in total. The fourth-order valence-electron chi connectivity index (χ4n) is 6.23. The minimum absolute atomic E-state index is 0.0286. The van der Waals surface area contributed by atoms with Gasteiger partial charge in [0.05, 0.1) is 12.0 Å². The van der Waals surface area contributed by atoms with E-state index in [0.717, 1.165) is 57.7 Å². The minimum Gasteiger partial charge on any atom is -0.457 e. The number of ether oxygens (including phenoxy) is 1. The molecule has 0 unspecified atom stereocenters. The van der Waals surface area contributed by atoms with Gasteiger partial charge >= 0.3 is 5.97 Å². The zero-order valence-electron chi connectivity index (χ0n) is 21.6. The van der Waals surface area contributed by atoms with Gasteiger partial charge in [-0.2, -0.15) is 0 Å². The van der Waals surface area contributed by atoms with Gasteiger partial charge in [-0.3, -0.25) is 9.69 Å². The molecule has 0 spiro atoms.